The van der Waals surface area contributed by atoms with Crippen molar-refractivity contribution in [1.29, 1.82) is 0 Å². The van der Waals surface area contributed by atoms with E-state index in [2.05, 4.69) is 10.6 Å². The molecule has 0 bridgehead atoms. The van der Waals surface area contributed by atoms with Gasteiger partial charge in [0.1, 0.15) is 0 Å². The number of benzene rings is 3. The molecule has 0 saturated carbocycles. The monoisotopic (exact) mass is 408 g/mol. The Hall–Kier alpha value is -3.54. The standard InChI is InChI=1S/C24H28N2O4/c1-3-29-23-13-17(5-11-21(23)27)15-25-19-7-9-20(10-8-19)26-16-18-6-12-22(28)24(14-18)30-4-2/h5-14,25-28H,3-4,15-16H2,1-2H3. The number of anilines is 2. The first kappa shape index (κ1) is 21.2. The van der Waals surface area contributed by atoms with Crippen molar-refractivity contribution < 1.29 is 19.7 Å². The number of ether oxygens (including phenoxy) is 2. The fourth-order valence-electron chi connectivity index (χ4n) is 2.99. The third kappa shape index (κ3) is 5.73. The Bertz CT molecular complexity index is 879. The SMILES string of the molecule is CCOc1cc(CNc2ccc(NCc3ccc(O)c(OCC)c3)cc2)ccc1O. The van der Waals surface area contributed by atoms with Crippen molar-refractivity contribution in [2.24, 2.45) is 0 Å². The predicted molar refractivity (Wildman–Crippen MR) is 120 cm³/mol. The Morgan fingerprint density at radius 3 is 1.40 bits per heavy atom. The van der Waals surface area contributed by atoms with Crippen LogP contribution in [0.15, 0.2) is 60.7 Å². The van der Waals surface area contributed by atoms with Gasteiger partial charge in [-0.1, -0.05) is 12.1 Å². The van der Waals surface area contributed by atoms with E-state index in [4.69, 9.17) is 9.47 Å². The predicted octanol–water partition coefficient (Wildman–Crippen LogP) is 5.12. The summed E-state index contributed by atoms with van der Waals surface area (Å²) in [5.74, 6) is 1.30. The largest absolute Gasteiger partial charge is 0.504 e. The summed E-state index contributed by atoms with van der Waals surface area (Å²) in [5, 5.41) is 26.3. The molecule has 0 aliphatic rings. The summed E-state index contributed by atoms with van der Waals surface area (Å²) < 4.78 is 10.9. The molecule has 6 heteroatoms. The lowest BCUT2D eigenvalue weighted by Crippen LogP contribution is -2.02. The van der Waals surface area contributed by atoms with Crippen molar-refractivity contribution in [3.63, 3.8) is 0 Å². The van der Waals surface area contributed by atoms with E-state index in [0.717, 1.165) is 22.5 Å². The summed E-state index contributed by atoms with van der Waals surface area (Å²) in [7, 11) is 0. The maximum atomic E-state index is 9.80. The highest BCUT2D eigenvalue weighted by Crippen LogP contribution is 2.28. The van der Waals surface area contributed by atoms with E-state index < -0.39 is 0 Å². The zero-order valence-electron chi connectivity index (χ0n) is 17.3. The summed E-state index contributed by atoms with van der Waals surface area (Å²) in [6.45, 7) is 6.05. The molecular formula is C24H28N2O4. The summed E-state index contributed by atoms with van der Waals surface area (Å²) in [6.07, 6.45) is 0. The smallest absolute Gasteiger partial charge is 0.161 e. The van der Waals surface area contributed by atoms with Crippen molar-refractivity contribution in [1.82, 2.24) is 0 Å². The van der Waals surface area contributed by atoms with Crippen LogP contribution in [0, 0.1) is 0 Å². The van der Waals surface area contributed by atoms with Crippen LogP contribution < -0.4 is 20.1 Å². The molecular weight excluding hydrogens is 380 g/mol. The van der Waals surface area contributed by atoms with Crippen molar-refractivity contribution in [3.8, 4) is 23.0 Å². The Morgan fingerprint density at radius 2 is 1.03 bits per heavy atom. The number of hydrogen-bond acceptors (Lipinski definition) is 6. The molecule has 3 rings (SSSR count). The lowest BCUT2D eigenvalue weighted by Gasteiger charge is -2.12. The summed E-state index contributed by atoms with van der Waals surface area (Å²) >= 11 is 0. The van der Waals surface area contributed by atoms with Crippen LogP contribution in [0.4, 0.5) is 11.4 Å². The molecule has 6 nitrogen and oxygen atoms in total. The van der Waals surface area contributed by atoms with Gasteiger partial charge in [-0.3, -0.25) is 0 Å². The highest BCUT2D eigenvalue weighted by atomic mass is 16.5. The molecule has 0 aromatic heterocycles. The Morgan fingerprint density at radius 1 is 0.633 bits per heavy atom. The van der Waals surface area contributed by atoms with E-state index in [1.807, 2.05) is 62.4 Å². The molecule has 0 aliphatic carbocycles. The third-order valence-electron chi connectivity index (χ3n) is 4.53. The van der Waals surface area contributed by atoms with Gasteiger partial charge >= 0.3 is 0 Å². The molecule has 4 N–H and O–H groups in total. The van der Waals surface area contributed by atoms with Crippen molar-refractivity contribution in [3.05, 3.63) is 71.8 Å². The van der Waals surface area contributed by atoms with Gasteiger partial charge in [0.2, 0.25) is 0 Å². The molecule has 0 unspecified atom stereocenters. The van der Waals surface area contributed by atoms with Gasteiger partial charge in [0.25, 0.3) is 0 Å². The number of nitrogens with one attached hydrogen (secondary N) is 2. The molecule has 0 spiro atoms. The van der Waals surface area contributed by atoms with Gasteiger partial charge in [0.05, 0.1) is 13.2 Å². The minimum absolute atomic E-state index is 0.151. The average Bonchev–Trinajstić information content (AvgIpc) is 2.76. The van der Waals surface area contributed by atoms with E-state index >= 15 is 0 Å². The minimum Gasteiger partial charge on any atom is -0.504 e. The second kappa shape index (κ2) is 10.3. The van der Waals surface area contributed by atoms with Crippen LogP contribution in [0.1, 0.15) is 25.0 Å². The number of hydrogen-bond donors (Lipinski definition) is 4. The third-order valence-corrected chi connectivity index (χ3v) is 4.53. The van der Waals surface area contributed by atoms with Crippen LogP contribution in [-0.4, -0.2) is 23.4 Å². The Labute approximate surface area is 177 Å². The molecule has 0 fully saturated rings. The number of phenolic OH excluding ortho intramolecular Hbond substituents is 2. The second-order valence-electron chi connectivity index (χ2n) is 6.75. The Balaban J connectivity index is 1.54. The fraction of sp³-hybridized carbons (Fsp3) is 0.250. The molecule has 0 aliphatic heterocycles. The molecule has 158 valence electrons. The maximum absolute atomic E-state index is 9.80. The summed E-state index contributed by atoms with van der Waals surface area (Å²) in [6, 6.07) is 18.8. The van der Waals surface area contributed by atoms with Gasteiger partial charge in [0.15, 0.2) is 23.0 Å². The molecule has 0 saturated heterocycles. The molecule has 3 aromatic carbocycles. The number of phenols is 2. The normalized spacial score (nSPS) is 10.5. The van der Waals surface area contributed by atoms with Crippen LogP contribution in [0.5, 0.6) is 23.0 Å². The van der Waals surface area contributed by atoms with E-state index in [9.17, 15) is 10.2 Å². The number of rotatable bonds is 10. The quantitative estimate of drug-likeness (QED) is 0.373. The topological polar surface area (TPSA) is 83.0 Å². The lowest BCUT2D eigenvalue weighted by molar-refractivity contribution is 0.318. The fourth-order valence-corrected chi connectivity index (χ4v) is 2.99. The molecule has 0 heterocycles. The van der Waals surface area contributed by atoms with Crippen molar-refractivity contribution in [2.75, 3.05) is 23.8 Å². The zero-order chi connectivity index (χ0) is 21.3. The molecule has 3 aromatic rings. The van der Waals surface area contributed by atoms with Gasteiger partial charge in [-0.25, -0.2) is 0 Å². The van der Waals surface area contributed by atoms with Gasteiger partial charge in [0, 0.05) is 24.5 Å². The first-order valence-corrected chi connectivity index (χ1v) is 10.1. The highest BCUT2D eigenvalue weighted by Gasteiger charge is 2.05. The zero-order valence-corrected chi connectivity index (χ0v) is 17.3. The van der Waals surface area contributed by atoms with Crippen LogP contribution in [0.3, 0.4) is 0 Å². The van der Waals surface area contributed by atoms with Gasteiger partial charge < -0.3 is 30.3 Å². The highest BCUT2D eigenvalue weighted by molar-refractivity contribution is 5.54. The van der Waals surface area contributed by atoms with E-state index in [1.54, 1.807) is 12.1 Å². The van der Waals surface area contributed by atoms with E-state index in [-0.39, 0.29) is 11.5 Å². The molecule has 0 atom stereocenters. The summed E-state index contributed by atoms with van der Waals surface area (Å²) in [4.78, 5) is 0. The maximum Gasteiger partial charge on any atom is 0.161 e. The van der Waals surface area contributed by atoms with Crippen LogP contribution >= 0.6 is 0 Å². The van der Waals surface area contributed by atoms with Crippen LogP contribution in [-0.2, 0) is 13.1 Å². The lowest BCUT2D eigenvalue weighted by atomic mass is 10.2. The first-order valence-electron chi connectivity index (χ1n) is 10.1. The van der Waals surface area contributed by atoms with Gasteiger partial charge in [-0.05, 0) is 73.5 Å². The van der Waals surface area contributed by atoms with Gasteiger partial charge in [-0.15, -0.1) is 0 Å². The molecule has 0 amide bonds. The summed E-state index contributed by atoms with van der Waals surface area (Å²) in [5.41, 5.74) is 4.04. The van der Waals surface area contributed by atoms with Crippen molar-refractivity contribution in [2.45, 2.75) is 26.9 Å². The number of aromatic hydroxyl groups is 2. The molecule has 30 heavy (non-hydrogen) atoms. The van der Waals surface area contributed by atoms with Crippen LogP contribution in [0.25, 0.3) is 0 Å². The van der Waals surface area contributed by atoms with Gasteiger partial charge in [-0.2, -0.15) is 0 Å². The van der Waals surface area contributed by atoms with Crippen molar-refractivity contribution >= 4 is 11.4 Å². The van der Waals surface area contributed by atoms with E-state index in [0.29, 0.717) is 37.8 Å². The Kier molecular flexibility index (Phi) is 7.27. The second-order valence-corrected chi connectivity index (χ2v) is 6.75. The average molecular weight is 408 g/mol. The minimum atomic E-state index is 0.151. The van der Waals surface area contributed by atoms with Crippen LogP contribution in [0.2, 0.25) is 0 Å². The van der Waals surface area contributed by atoms with E-state index in [1.165, 1.54) is 0 Å². The molecule has 0 radical (unpaired) electrons. The first-order chi connectivity index (χ1) is 14.6.